The third-order valence-electron chi connectivity index (χ3n) is 3.49. The molecule has 22 heavy (non-hydrogen) atoms. The second kappa shape index (κ2) is 7.82. The van der Waals surface area contributed by atoms with Crippen LogP contribution in [0.4, 0.5) is 4.79 Å². The van der Waals surface area contributed by atoms with Crippen LogP contribution in [0.25, 0.3) is 0 Å². The zero-order valence-corrected chi connectivity index (χ0v) is 13.1. The smallest absolute Gasteiger partial charge is 0.414 e. The Balaban J connectivity index is 1.62. The van der Waals surface area contributed by atoms with Crippen LogP contribution in [-0.4, -0.2) is 24.2 Å². The van der Waals surface area contributed by atoms with Gasteiger partial charge in [0.1, 0.15) is 5.75 Å². The molecule has 1 aliphatic heterocycles. The molecular formula is C17H23NO4. The van der Waals surface area contributed by atoms with E-state index in [0.29, 0.717) is 6.42 Å². The van der Waals surface area contributed by atoms with E-state index in [1.54, 1.807) is 0 Å². The molecular weight excluding hydrogens is 282 g/mol. The molecule has 120 valence electrons. The number of hydrogen-bond acceptors (Lipinski definition) is 4. The number of carbonyl (C=O) groups is 2. The minimum Gasteiger partial charge on any atom is -0.491 e. The number of cyclic esters (lactones) is 1. The van der Waals surface area contributed by atoms with E-state index in [1.165, 1.54) is 5.56 Å². The summed E-state index contributed by atoms with van der Waals surface area (Å²) in [6, 6.07) is 8.17. The summed E-state index contributed by atoms with van der Waals surface area (Å²) in [5.41, 5.74) is 1.28. The lowest BCUT2D eigenvalue weighted by Crippen LogP contribution is -2.24. The molecule has 0 saturated carbocycles. The molecule has 0 unspecified atom stereocenters. The highest BCUT2D eigenvalue weighted by molar-refractivity contribution is 5.99. The predicted molar refractivity (Wildman–Crippen MR) is 82.8 cm³/mol. The van der Waals surface area contributed by atoms with Crippen LogP contribution >= 0.6 is 0 Å². The molecule has 1 N–H and O–H groups in total. The highest BCUT2D eigenvalue weighted by Gasteiger charge is 2.31. The fraction of sp³-hybridized carbons (Fsp3) is 0.529. The lowest BCUT2D eigenvalue weighted by Gasteiger charge is -2.10. The Hall–Kier alpha value is -2.04. The van der Waals surface area contributed by atoms with Crippen molar-refractivity contribution < 1.29 is 19.1 Å². The molecule has 1 fully saturated rings. The van der Waals surface area contributed by atoms with Crippen LogP contribution in [0.5, 0.6) is 5.75 Å². The maximum Gasteiger partial charge on any atom is 0.414 e. The van der Waals surface area contributed by atoms with E-state index in [-0.39, 0.29) is 12.0 Å². The fourth-order valence-corrected chi connectivity index (χ4v) is 2.43. The number of alkyl carbamates (subject to hydrolysis) is 1. The molecule has 1 aromatic carbocycles. The SMILES string of the molecule is CC(C)Oc1ccc(CCCCC[C@@H]2OC(=O)NC2=O)cc1. The quantitative estimate of drug-likeness (QED) is 0.749. The molecule has 0 aromatic heterocycles. The van der Waals surface area contributed by atoms with Gasteiger partial charge >= 0.3 is 6.09 Å². The van der Waals surface area contributed by atoms with Gasteiger partial charge in [-0.25, -0.2) is 4.79 Å². The van der Waals surface area contributed by atoms with Gasteiger partial charge < -0.3 is 9.47 Å². The van der Waals surface area contributed by atoms with Gasteiger partial charge in [0.05, 0.1) is 6.10 Å². The van der Waals surface area contributed by atoms with Gasteiger partial charge in [0, 0.05) is 0 Å². The predicted octanol–water partition coefficient (Wildman–Crippen LogP) is 3.21. The number of ether oxygens (including phenoxy) is 2. The summed E-state index contributed by atoms with van der Waals surface area (Å²) in [5.74, 6) is 0.582. The maximum atomic E-state index is 11.3. The first-order valence-electron chi connectivity index (χ1n) is 7.81. The monoisotopic (exact) mass is 305 g/mol. The normalized spacial score (nSPS) is 17.5. The standard InChI is InChI=1S/C17H23NO4/c1-12(2)21-14-10-8-13(9-11-14)6-4-3-5-7-15-16(19)18-17(20)22-15/h8-12,15H,3-7H2,1-2H3,(H,18,19,20)/t15-/m0/s1. The summed E-state index contributed by atoms with van der Waals surface area (Å²) < 4.78 is 10.5. The Morgan fingerprint density at radius 2 is 1.86 bits per heavy atom. The molecule has 5 nitrogen and oxygen atoms in total. The van der Waals surface area contributed by atoms with Gasteiger partial charge in [0.2, 0.25) is 0 Å². The number of aryl methyl sites for hydroxylation is 1. The van der Waals surface area contributed by atoms with Gasteiger partial charge in [-0.3, -0.25) is 10.1 Å². The molecule has 0 radical (unpaired) electrons. The van der Waals surface area contributed by atoms with E-state index < -0.39 is 12.2 Å². The van der Waals surface area contributed by atoms with E-state index in [1.807, 2.05) is 26.0 Å². The average Bonchev–Trinajstić information content (AvgIpc) is 2.78. The highest BCUT2D eigenvalue weighted by atomic mass is 16.6. The number of unbranched alkanes of at least 4 members (excludes halogenated alkanes) is 2. The summed E-state index contributed by atoms with van der Waals surface area (Å²) in [6.45, 7) is 4.02. The fourth-order valence-electron chi connectivity index (χ4n) is 2.43. The Kier molecular flexibility index (Phi) is 5.81. The number of carbonyl (C=O) groups excluding carboxylic acids is 2. The first-order valence-corrected chi connectivity index (χ1v) is 7.81. The molecule has 2 rings (SSSR count). The van der Waals surface area contributed by atoms with E-state index in [9.17, 15) is 9.59 Å². The summed E-state index contributed by atoms with van der Waals surface area (Å²) in [7, 11) is 0. The molecule has 0 aliphatic carbocycles. The van der Waals surface area contributed by atoms with Crippen molar-refractivity contribution in [3.63, 3.8) is 0 Å². The first-order chi connectivity index (χ1) is 10.5. The molecule has 1 heterocycles. The Morgan fingerprint density at radius 1 is 1.14 bits per heavy atom. The molecule has 5 heteroatoms. The van der Waals surface area contributed by atoms with Crippen molar-refractivity contribution in [3.05, 3.63) is 29.8 Å². The van der Waals surface area contributed by atoms with Gasteiger partial charge in [0.25, 0.3) is 5.91 Å². The minimum atomic E-state index is -0.626. The van der Waals surface area contributed by atoms with Crippen LogP contribution in [0.3, 0.4) is 0 Å². The van der Waals surface area contributed by atoms with Crippen molar-refractivity contribution in [2.45, 2.75) is 58.2 Å². The highest BCUT2D eigenvalue weighted by Crippen LogP contribution is 2.17. The van der Waals surface area contributed by atoms with Crippen molar-refractivity contribution in [3.8, 4) is 5.75 Å². The van der Waals surface area contributed by atoms with E-state index in [2.05, 4.69) is 17.4 Å². The lowest BCUT2D eigenvalue weighted by molar-refractivity contribution is -0.123. The molecule has 0 bridgehead atoms. The summed E-state index contributed by atoms with van der Waals surface area (Å²) >= 11 is 0. The van der Waals surface area contributed by atoms with Crippen molar-refractivity contribution in [2.75, 3.05) is 0 Å². The molecule has 1 atom stereocenters. The topological polar surface area (TPSA) is 64.6 Å². The maximum absolute atomic E-state index is 11.3. The minimum absolute atomic E-state index is 0.188. The van der Waals surface area contributed by atoms with Gasteiger partial charge in [-0.2, -0.15) is 0 Å². The number of benzene rings is 1. The van der Waals surface area contributed by atoms with Gasteiger partial charge in [-0.15, -0.1) is 0 Å². The van der Waals surface area contributed by atoms with Crippen molar-refractivity contribution in [1.29, 1.82) is 0 Å². The second-order valence-electron chi connectivity index (χ2n) is 5.79. The van der Waals surface area contributed by atoms with Crippen LogP contribution in [-0.2, 0) is 16.0 Å². The largest absolute Gasteiger partial charge is 0.491 e. The van der Waals surface area contributed by atoms with Crippen molar-refractivity contribution in [1.82, 2.24) is 5.32 Å². The van der Waals surface area contributed by atoms with Gasteiger partial charge in [-0.1, -0.05) is 18.6 Å². The third kappa shape index (κ3) is 5.06. The molecule has 1 saturated heterocycles. The number of rotatable bonds is 8. The van der Waals surface area contributed by atoms with Crippen LogP contribution in [0.15, 0.2) is 24.3 Å². The van der Waals surface area contributed by atoms with Gasteiger partial charge in [0.15, 0.2) is 6.10 Å². The Morgan fingerprint density at radius 3 is 2.45 bits per heavy atom. The number of hydrogen-bond donors (Lipinski definition) is 1. The zero-order valence-electron chi connectivity index (χ0n) is 13.1. The number of imide groups is 1. The van der Waals surface area contributed by atoms with E-state index in [0.717, 1.165) is 31.4 Å². The van der Waals surface area contributed by atoms with Crippen LogP contribution < -0.4 is 10.1 Å². The molecule has 1 aliphatic rings. The third-order valence-corrected chi connectivity index (χ3v) is 3.49. The van der Waals surface area contributed by atoms with Crippen LogP contribution in [0.2, 0.25) is 0 Å². The zero-order chi connectivity index (χ0) is 15.9. The summed E-state index contributed by atoms with van der Waals surface area (Å²) in [5, 5.41) is 2.14. The summed E-state index contributed by atoms with van der Waals surface area (Å²) in [6.07, 6.45) is 3.49. The number of nitrogens with one attached hydrogen (secondary N) is 1. The summed E-state index contributed by atoms with van der Waals surface area (Å²) in [4.78, 5) is 22.2. The van der Waals surface area contributed by atoms with Crippen molar-refractivity contribution in [2.24, 2.45) is 0 Å². The molecule has 2 amide bonds. The number of amides is 2. The first kappa shape index (κ1) is 16.3. The second-order valence-corrected chi connectivity index (χ2v) is 5.79. The van der Waals surface area contributed by atoms with Crippen LogP contribution in [0.1, 0.15) is 45.1 Å². The molecule has 0 spiro atoms. The lowest BCUT2D eigenvalue weighted by atomic mass is 10.0. The van der Waals surface area contributed by atoms with Crippen LogP contribution in [0, 0.1) is 0 Å². The Labute approximate surface area is 131 Å². The van der Waals surface area contributed by atoms with E-state index >= 15 is 0 Å². The Bertz CT molecular complexity index is 510. The van der Waals surface area contributed by atoms with Crippen molar-refractivity contribution >= 4 is 12.0 Å². The van der Waals surface area contributed by atoms with E-state index in [4.69, 9.17) is 9.47 Å². The molecule has 1 aromatic rings. The average molecular weight is 305 g/mol. The van der Waals surface area contributed by atoms with Gasteiger partial charge in [-0.05, 0) is 57.2 Å².